The lowest BCUT2D eigenvalue weighted by Gasteiger charge is -2.11. The quantitative estimate of drug-likeness (QED) is 0.749. The number of nitrogens with one attached hydrogen (secondary N) is 1. The van der Waals surface area contributed by atoms with Gasteiger partial charge in [-0.1, -0.05) is 37.1 Å². The number of hydrogen-bond acceptors (Lipinski definition) is 2. The number of rotatable bonds is 4. The molecular formula is C19H19FN2O. The molecular weight excluding hydrogens is 291 g/mol. The molecule has 23 heavy (non-hydrogen) atoms. The molecule has 0 bridgehead atoms. The minimum Gasteiger partial charge on any atom is -0.373 e. The largest absolute Gasteiger partial charge is 0.373 e. The number of nitrogens with zero attached hydrogens (tertiary/aromatic N) is 1. The lowest BCUT2D eigenvalue weighted by molar-refractivity contribution is 0.0441. The lowest BCUT2D eigenvalue weighted by Crippen LogP contribution is -2.08. The lowest BCUT2D eigenvalue weighted by atomic mass is 10.1. The first-order valence-corrected chi connectivity index (χ1v) is 8.15. The van der Waals surface area contributed by atoms with Crippen LogP contribution >= 0.6 is 0 Å². The van der Waals surface area contributed by atoms with Crippen LogP contribution in [0.5, 0.6) is 0 Å². The molecule has 0 atom stereocenters. The van der Waals surface area contributed by atoms with E-state index in [0.717, 1.165) is 29.4 Å². The number of hydrogen-bond donors (Lipinski definition) is 1. The van der Waals surface area contributed by atoms with Crippen LogP contribution in [0.15, 0.2) is 42.5 Å². The van der Waals surface area contributed by atoms with Crippen LogP contribution in [0.3, 0.4) is 0 Å². The van der Waals surface area contributed by atoms with Crippen molar-refractivity contribution in [3.05, 3.63) is 53.8 Å². The number of aromatic amines is 1. The molecule has 0 unspecified atom stereocenters. The molecule has 1 saturated carbocycles. The maximum absolute atomic E-state index is 14.3. The van der Waals surface area contributed by atoms with Crippen LogP contribution in [0.4, 0.5) is 4.39 Å². The highest BCUT2D eigenvalue weighted by Crippen LogP contribution is 2.25. The van der Waals surface area contributed by atoms with Crippen molar-refractivity contribution in [2.24, 2.45) is 0 Å². The average molecular weight is 310 g/mol. The molecule has 1 aliphatic carbocycles. The molecule has 1 N–H and O–H groups in total. The monoisotopic (exact) mass is 310 g/mol. The number of ether oxygens (including phenoxy) is 1. The number of fused-ring (bicyclic) bond motifs is 1. The van der Waals surface area contributed by atoms with Gasteiger partial charge in [-0.25, -0.2) is 9.37 Å². The molecule has 0 aliphatic heterocycles. The van der Waals surface area contributed by atoms with Crippen LogP contribution < -0.4 is 0 Å². The van der Waals surface area contributed by atoms with Gasteiger partial charge in [0.25, 0.3) is 0 Å². The summed E-state index contributed by atoms with van der Waals surface area (Å²) < 4.78 is 20.1. The maximum atomic E-state index is 14.3. The van der Waals surface area contributed by atoms with Crippen LogP contribution in [-0.4, -0.2) is 16.1 Å². The van der Waals surface area contributed by atoms with E-state index in [2.05, 4.69) is 9.97 Å². The Balaban J connectivity index is 1.54. The van der Waals surface area contributed by atoms with E-state index in [-0.39, 0.29) is 5.82 Å². The van der Waals surface area contributed by atoms with Crippen molar-refractivity contribution in [3.63, 3.8) is 0 Å². The van der Waals surface area contributed by atoms with Gasteiger partial charge in [0.2, 0.25) is 0 Å². The van der Waals surface area contributed by atoms with Gasteiger partial charge < -0.3 is 9.72 Å². The van der Waals surface area contributed by atoms with Crippen molar-refractivity contribution in [2.75, 3.05) is 0 Å². The fourth-order valence-electron chi connectivity index (χ4n) is 3.16. The number of para-hydroxylation sites is 2. The summed E-state index contributed by atoms with van der Waals surface area (Å²) in [7, 11) is 0. The zero-order valence-corrected chi connectivity index (χ0v) is 12.9. The first-order chi connectivity index (χ1) is 11.3. The van der Waals surface area contributed by atoms with Crippen LogP contribution in [0, 0.1) is 5.82 Å². The molecule has 0 amide bonds. The summed E-state index contributed by atoms with van der Waals surface area (Å²) in [4.78, 5) is 7.74. The molecule has 1 fully saturated rings. The fraction of sp³-hybridized carbons (Fsp3) is 0.316. The van der Waals surface area contributed by atoms with Gasteiger partial charge in [-0.2, -0.15) is 0 Å². The van der Waals surface area contributed by atoms with Gasteiger partial charge in [0.15, 0.2) is 0 Å². The summed E-state index contributed by atoms with van der Waals surface area (Å²) in [5, 5.41) is 0. The highest BCUT2D eigenvalue weighted by Gasteiger charge is 2.16. The number of imidazole rings is 1. The third-order valence-electron chi connectivity index (χ3n) is 4.49. The summed E-state index contributed by atoms with van der Waals surface area (Å²) in [6, 6.07) is 13.0. The predicted octanol–water partition coefficient (Wildman–Crippen LogP) is 4.83. The third kappa shape index (κ3) is 2.99. The molecule has 0 saturated heterocycles. The summed E-state index contributed by atoms with van der Waals surface area (Å²) in [6.07, 6.45) is 4.93. The van der Waals surface area contributed by atoms with Crippen molar-refractivity contribution in [1.82, 2.24) is 9.97 Å². The van der Waals surface area contributed by atoms with Crippen molar-refractivity contribution < 1.29 is 9.13 Å². The molecule has 3 nitrogen and oxygen atoms in total. The predicted molar refractivity (Wildman–Crippen MR) is 88.5 cm³/mol. The molecule has 4 rings (SSSR count). The standard InChI is InChI=1S/C19H19FN2O/c20-16-11-13(19-21-17-7-3-4-8-18(17)22-19)9-10-14(16)12-23-15-5-1-2-6-15/h3-4,7-11,15H,1-2,5-6,12H2,(H,21,22). The van der Waals surface area contributed by atoms with Gasteiger partial charge in [0.1, 0.15) is 11.6 Å². The van der Waals surface area contributed by atoms with Gasteiger partial charge in [-0.05, 0) is 31.0 Å². The van der Waals surface area contributed by atoms with Crippen LogP contribution in [-0.2, 0) is 11.3 Å². The van der Waals surface area contributed by atoms with Crippen molar-refractivity contribution in [2.45, 2.75) is 38.4 Å². The zero-order chi connectivity index (χ0) is 15.6. The zero-order valence-electron chi connectivity index (χ0n) is 12.9. The number of H-pyrrole nitrogens is 1. The van der Waals surface area contributed by atoms with E-state index in [4.69, 9.17) is 4.74 Å². The maximum Gasteiger partial charge on any atom is 0.138 e. The Bertz CT molecular complexity index is 788. The topological polar surface area (TPSA) is 37.9 Å². The van der Waals surface area contributed by atoms with E-state index in [9.17, 15) is 4.39 Å². The van der Waals surface area contributed by atoms with E-state index in [0.29, 0.717) is 24.1 Å². The first kappa shape index (κ1) is 14.4. The summed E-state index contributed by atoms with van der Waals surface area (Å²) in [6.45, 7) is 0.344. The highest BCUT2D eigenvalue weighted by molar-refractivity contribution is 5.79. The molecule has 1 heterocycles. The third-order valence-corrected chi connectivity index (χ3v) is 4.49. The second-order valence-electron chi connectivity index (χ2n) is 6.13. The number of halogens is 1. The molecule has 0 spiro atoms. The van der Waals surface area contributed by atoms with E-state index in [1.54, 1.807) is 6.07 Å². The Morgan fingerprint density at radius 2 is 1.96 bits per heavy atom. The molecule has 3 aromatic rings. The van der Waals surface area contributed by atoms with Crippen molar-refractivity contribution in [3.8, 4) is 11.4 Å². The minimum atomic E-state index is -0.235. The Labute approximate surface area is 134 Å². The fourth-order valence-corrected chi connectivity index (χ4v) is 3.16. The van der Waals surface area contributed by atoms with E-state index in [1.165, 1.54) is 18.9 Å². The normalized spacial score (nSPS) is 15.5. The number of benzene rings is 2. The van der Waals surface area contributed by atoms with Gasteiger partial charge >= 0.3 is 0 Å². The van der Waals surface area contributed by atoms with Crippen molar-refractivity contribution in [1.29, 1.82) is 0 Å². The minimum absolute atomic E-state index is 0.235. The summed E-state index contributed by atoms with van der Waals surface area (Å²) >= 11 is 0. The van der Waals surface area contributed by atoms with Crippen LogP contribution in [0.2, 0.25) is 0 Å². The molecule has 4 heteroatoms. The Hall–Kier alpha value is -2.20. The van der Waals surface area contributed by atoms with E-state index in [1.807, 2.05) is 30.3 Å². The summed E-state index contributed by atoms with van der Waals surface area (Å²) in [5.74, 6) is 0.453. The van der Waals surface area contributed by atoms with Gasteiger partial charge in [-0.3, -0.25) is 0 Å². The van der Waals surface area contributed by atoms with Gasteiger partial charge in [0.05, 0.1) is 23.7 Å². The Kier molecular flexibility index (Phi) is 3.83. The second-order valence-corrected chi connectivity index (χ2v) is 6.13. The number of aromatic nitrogens is 2. The average Bonchev–Trinajstić information content (AvgIpc) is 3.23. The Morgan fingerprint density at radius 3 is 2.74 bits per heavy atom. The van der Waals surface area contributed by atoms with Crippen LogP contribution in [0.1, 0.15) is 31.2 Å². The first-order valence-electron chi connectivity index (χ1n) is 8.15. The van der Waals surface area contributed by atoms with E-state index < -0.39 is 0 Å². The smallest absolute Gasteiger partial charge is 0.138 e. The molecule has 118 valence electrons. The molecule has 1 aromatic heterocycles. The molecule has 2 aromatic carbocycles. The van der Waals surface area contributed by atoms with Crippen LogP contribution in [0.25, 0.3) is 22.4 Å². The van der Waals surface area contributed by atoms with Gasteiger partial charge in [-0.15, -0.1) is 0 Å². The highest BCUT2D eigenvalue weighted by atomic mass is 19.1. The molecule has 0 radical (unpaired) electrons. The van der Waals surface area contributed by atoms with Crippen molar-refractivity contribution >= 4 is 11.0 Å². The Morgan fingerprint density at radius 1 is 1.13 bits per heavy atom. The second kappa shape index (κ2) is 6.13. The van der Waals surface area contributed by atoms with Gasteiger partial charge in [0, 0.05) is 11.1 Å². The molecule has 1 aliphatic rings. The summed E-state index contributed by atoms with van der Waals surface area (Å²) in [5.41, 5.74) is 3.20. The SMILES string of the molecule is Fc1cc(-c2nc3ccccc3[nH]2)ccc1COC1CCCC1. The van der Waals surface area contributed by atoms with E-state index >= 15 is 0 Å².